The van der Waals surface area contributed by atoms with Crippen LogP contribution in [0.15, 0.2) is 35.7 Å². The molecule has 3 rings (SSSR count). The van der Waals surface area contributed by atoms with E-state index in [-0.39, 0.29) is 5.91 Å². The van der Waals surface area contributed by atoms with Gasteiger partial charge in [0.15, 0.2) is 0 Å². The van der Waals surface area contributed by atoms with Crippen molar-refractivity contribution >= 4 is 17.2 Å². The molecule has 0 spiro atoms. The summed E-state index contributed by atoms with van der Waals surface area (Å²) in [7, 11) is 0. The molecule has 1 N–H and O–H groups in total. The van der Waals surface area contributed by atoms with E-state index in [0.717, 1.165) is 37.8 Å². The number of benzene rings is 1. The predicted molar refractivity (Wildman–Crippen MR) is 94.2 cm³/mol. The second-order valence-corrected chi connectivity index (χ2v) is 7.41. The number of carbonyl (C=O) groups excluding carboxylic acids is 1. The number of hydrogen-bond donors (Lipinski definition) is 1. The fourth-order valence-electron chi connectivity index (χ4n) is 3.29. The number of phenolic OH excluding ortho intramolecular Hbond substituents is 1. The molecule has 2 heterocycles. The van der Waals surface area contributed by atoms with Gasteiger partial charge in [0.25, 0.3) is 5.91 Å². The topological polar surface area (TPSA) is 40.5 Å². The van der Waals surface area contributed by atoms with Crippen molar-refractivity contribution in [3.63, 3.8) is 0 Å². The number of carbonyl (C=O) groups is 1. The summed E-state index contributed by atoms with van der Waals surface area (Å²) in [5.41, 5.74) is 2.05. The van der Waals surface area contributed by atoms with E-state index in [4.69, 9.17) is 0 Å². The summed E-state index contributed by atoms with van der Waals surface area (Å²) in [6, 6.07) is 9.71. The van der Waals surface area contributed by atoms with Crippen LogP contribution < -0.4 is 0 Å². The van der Waals surface area contributed by atoms with E-state index >= 15 is 0 Å². The van der Waals surface area contributed by atoms with Crippen LogP contribution in [0.1, 0.15) is 46.5 Å². The highest BCUT2D eigenvalue weighted by molar-refractivity contribution is 7.10. The molecule has 1 saturated heterocycles. The van der Waals surface area contributed by atoms with Gasteiger partial charge in [0.2, 0.25) is 0 Å². The third-order valence-corrected chi connectivity index (χ3v) is 5.43. The van der Waals surface area contributed by atoms with Crippen LogP contribution in [0.2, 0.25) is 0 Å². The largest absolute Gasteiger partial charge is 0.508 e. The van der Waals surface area contributed by atoms with Gasteiger partial charge in [0.05, 0.1) is 5.56 Å². The zero-order chi connectivity index (χ0) is 16.2. The molecular weight excluding hydrogens is 306 g/mol. The number of thiophene rings is 1. The van der Waals surface area contributed by atoms with Gasteiger partial charge in [0, 0.05) is 22.8 Å². The Morgan fingerprint density at radius 1 is 1.30 bits per heavy atom. The van der Waals surface area contributed by atoms with Gasteiger partial charge >= 0.3 is 0 Å². The maximum Gasteiger partial charge on any atom is 0.254 e. The summed E-state index contributed by atoms with van der Waals surface area (Å²) in [5, 5.41) is 11.3. The summed E-state index contributed by atoms with van der Waals surface area (Å²) in [6.45, 7) is 2.91. The third kappa shape index (κ3) is 3.94. The highest BCUT2D eigenvalue weighted by Crippen LogP contribution is 2.25. The first kappa shape index (κ1) is 16.1. The second-order valence-electron chi connectivity index (χ2n) is 6.30. The van der Waals surface area contributed by atoms with Crippen LogP contribution in [0.5, 0.6) is 5.75 Å². The van der Waals surface area contributed by atoms with E-state index in [1.54, 1.807) is 23.5 Å². The van der Waals surface area contributed by atoms with Crippen LogP contribution in [0, 0.1) is 6.92 Å². The number of amides is 1. The fraction of sp³-hybridized carbons (Fsp3) is 0.421. The van der Waals surface area contributed by atoms with Crippen molar-refractivity contribution in [2.75, 3.05) is 6.54 Å². The lowest BCUT2D eigenvalue weighted by atomic mass is 9.95. The minimum Gasteiger partial charge on any atom is -0.508 e. The Bertz CT molecular complexity index is 662. The van der Waals surface area contributed by atoms with E-state index in [9.17, 15) is 9.90 Å². The van der Waals surface area contributed by atoms with Crippen molar-refractivity contribution < 1.29 is 9.90 Å². The van der Waals surface area contributed by atoms with E-state index < -0.39 is 0 Å². The van der Waals surface area contributed by atoms with Crippen LogP contribution in [0.25, 0.3) is 0 Å². The molecule has 1 aromatic heterocycles. The van der Waals surface area contributed by atoms with Gasteiger partial charge in [-0.25, -0.2) is 0 Å². The van der Waals surface area contributed by atoms with Gasteiger partial charge in [-0.1, -0.05) is 12.1 Å². The number of piperidine rings is 1. The predicted octanol–water partition coefficient (Wildman–Crippen LogP) is 4.39. The Morgan fingerprint density at radius 3 is 2.78 bits per heavy atom. The fourth-order valence-corrected chi connectivity index (χ4v) is 3.96. The molecule has 4 heteroatoms. The molecule has 0 bridgehead atoms. The number of aryl methyl sites for hydroxylation is 2. The standard InChI is InChI=1S/C19H23NO2S/c1-14-12-16(13-23-14)19(22)20-11-3-2-4-17(20)8-5-15-6-9-18(21)10-7-15/h6-7,9-10,12-13,17,21H,2-5,8,11H2,1H3. The van der Waals surface area contributed by atoms with Crippen molar-refractivity contribution in [2.45, 2.75) is 45.1 Å². The van der Waals surface area contributed by atoms with E-state index in [1.807, 2.05) is 30.5 Å². The van der Waals surface area contributed by atoms with Gasteiger partial charge in [-0.2, -0.15) is 0 Å². The number of phenols is 1. The molecule has 1 amide bonds. The molecule has 0 radical (unpaired) electrons. The number of hydrogen-bond acceptors (Lipinski definition) is 3. The van der Waals surface area contributed by atoms with Crippen molar-refractivity contribution in [3.05, 3.63) is 51.7 Å². The highest BCUT2D eigenvalue weighted by atomic mass is 32.1. The Kier molecular flexibility index (Phi) is 5.01. The zero-order valence-corrected chi connectivity index (χ0v) is 14.3. The second kappa shape index (κ2) is 7.18. The van der Waals surface area contributed by atoms with Crippen LogP contribution >= 0.6 is 11.3 Å². The van der Waals surface area contributed by atoms with Gasteiger partial charge in [-0.05, 0) is 62.8 Å². The lowest BCUT2D eigenvalue weighted by molar-refractivity contribution is 0.0602. The Morgan fingerprint density at radius 2 is 2.09 bits per heavy atom. The summed E-state index contributed by atoms with van der Waals surface area (Å²) in [6.07, 6.45) is 5.32. The summed E-state index contributed by atoms with van der Waals surface area (Å²) >= 11 is 1.64. The molecule has 1 atom stereocenters. The normalized spacial score (nSPS) is 18.1. The monoisotopic (exact) mass is 329 g/mol. The van der Waals surface area contributed by atoms with Crippen molar-refractivity contribution in [3.8, 4) is 5.75 Å². The van der Waals surface area contributed by atoms with Crippen LogP contribution in [0.3, 0.4) is 0 Å². The molecule has 1 unspecified atom stereocenters. The number of aromatic hydroxyl groups is 1. The average Bonchev–Trinajstić information content (AvgIpc) is 3.00. The average molecular weight is 329 g/mol. The quantitative estimate of drug-likeness (QED) is 0.904. The molecule has 1 aliphatic rings. The molecule has 0 aliphatic carbocycles. The maximum atomic E-state index is 12.8. The van der Waals surface area contributed by atoms with E-state index in [1.165, 1.54) is 16.9 Å². The summed E-state index contributed by atoms with van der Waals surface area (Å²) < 4.78 is 0. The first-order valence-electron chi connectivity index (χ1n) is 8.27. The van der Waals surface area contributed by atoms with Crippen molar-refractivity contribution in [1.29, 1.82) is 0 Å². The summed E-state index contributed by atoms with van der Waals surface area (Å²) in [4.78, 5) is 16.0. The first-order valence-corrected chi connectivity index (χ1v) is 9.15. The summed E-state index contributed by atoms with van der Waals surface area (Å²) in [5.74, 6) is 0.487. The van der Waals surface area contributed by atoms with Gasteiger partial charge in [0.1, 0.15) is 5.75 Å². The lowest BCUT2D eigenvalue weighted by Gasteiger charge is -2.36. The minimum atomic E-state index is 0.185. The Hall–Kier alpha value is -1.81. The number of likely N-dealkylation sites (tertiary alicyclic amines) is 1. The molecule has 1 aromatic carbocycles. The SMILES string of the molecule is Cc1cc(C(=O)N2CCCCC2CCc2ccc(O)cc2)cs1. The molecule has 1 fully saturated rings. The highest BCUT2D eigenvalue weighted by Gasteiger charge is 2.27. The lowest BCUT2D eigenvalue weighted by Crippen LogP contribution is -2.43. The smallest absolute Gasteiger partial charge is 0.254 e. The minimum absolute atomic E-state index is 0.185. The Balaban J connectivity index is 1.66. The van der Waals surface area contributed by atoms with Gasteiger partial charge < -0.3 is 10.0 Å². The van der Waals surface area contributed by atoms with Crippen LogP contribution in [-0.4, -0.2) is 28.5 Å². The van der Waals surface area contributed by atoms with Crippen molar-refractivity contribution in [2.24, 2.45) is 0 Å². The van der Waals surface area contributed by atoms with Gasteiger partial charge in [-0.3, -0.25) is 4.79 Å². The molecule has 3 nitrogen and oxygen atoms in total. The van der Waals surface area contributed by atoms with Crippen LogP contribution in [-0.2, 0) is 6.42 Å². The number of rotatable bonds is 4. The number of nitrogens with zero attached hydrogens (tertiary/aromatic N) is 1. The Labute approximate surface area is 141 Å². The van der Waals surface area contributed by atoms with E-state index in [2.05, 4.69) is 4.90 Å². The third-order valence-electron chi connectivity index (χ3n) is 4.57. The molecule has 122 valence electrons. The van der Waals surface area contributed by atoms with E-state index in [0.29, 0.717) is 11.8 Å². The first-order chi connectivity index (χ1) is 11.1. The van der Waals surface area contributed by atoms with Gasteiger partial charge in [-0.15, -0.1) is 11.3 Å². The molecule has 23 heavy (non-hydrogen) atoms. The zero-order valence-electron chi connectivity index (χ0n) is 13.5. The maximum absolute atomic E-state index is 12.8. The molecule has 0 saturated carbocycles. The van der Waals surface area contributed by atoms with Crippen LogP contribution in [0.4, 0.5) is 0 Å². The van der Waals surface area contributed by atoms with Crippen molar-refractivity contribution in [1.82, 2.24) is 4.90 Å². The molecule has 2 aromatic rings. The molecule has 1 aliphatic heterocycles. The molecular formula is C19H23NO2S.